The lowest BCUT2D eigenvalue weighted by Gasteiger charge is -2.27. The number of carbonyl (C=O) groups is 1. The van der Waals surface area contributed by atoms with Crippen molar-refractivity contribution in [1.29, 1.82) is 0 Å². The van der Waals surface area contributed by atoms with Crippen LogP contribution in [0, 0.1) is 5.92 Å². The molecular weight excluding hydrogens is 234 g/mol. The zero-order chi connectivity index (χ0) is 12.1. The van der Waals surface area contributed by atoms with Gasteiger partial charge in [0.25, 0.3) is 0 Å². The van der Waals surface area contributed by atoms with Crippen LogP contribution >= 0.6 is 11.3 Å². The standard InChI is InChI=1S/C13H19NO2S/c15-13(16)10-3-1-4-11(9-10)14-7-6-12-5-2-8-17-12/h2,5,8,10-11,14H,1,3-4,6-7,9H2,(H,15,16). The highest BCUT2D eigenvalue weighted by Crippen LogP contribution is 2.24. The fourth-order valence-corrected chi connectivity index (χ4v) is 3.16. The summed E-state index contributed by atoms with van der Waals surface area (Å²) in [5.41, 5.74) is 0. The molecule has 0 bridgehead atoms. The first-order valence-electron chi connectivity index (χ1n) is 6.24. The van der Waals surface area contributed by atoms with Gasteiger partial charge in [-0.1, -0.05) is 12.5 Å². The second-order valence-corrected chi connectivity index (χ2v) is 5.71. The topological polar surface area (TPSA) is 49.3 Å². The third-order valence-electron chi connectivity index (χ3n) is 3.41. The molecule has 3 nitrogen and oxygen atoms in total. The summed E-state index contributed by atoms with van der Waals surface area (Å²) in [6, 6.07) is 4.61. The minimum absolute atomic E-state index is 0.136. The van der Waals surface area contributed by atoms with Crippen molar-refractivity contribution in [3.63, 3.8) is 0 Å². The molecule has 1 aliphatic rings. The lowest BCUT2D eigenvalue weighted by Crippen LogP contribution is -2.37. The van der Waals surface area contributed by atoms with Crippen molar-refractivity contribution in [2.45, 2.75) is 38.1 Å². The number of carboxylic acids is 1. The van der Waals surface area contributed by atoms with Crippen LogP contribution in [-0.4, -0.2) is 23.7 Å². The van der Waals surface area contributed by atoms with Gasteiger partial charge in [0.15, 0.2) is 0 Å². The Kier molecular flexibility index (Phi) is 4.57. The van der Waals surface area contributed by atoms with E-state index < -0.39 is 5.97 Å². The third kappa shape index (κ3) is 3.82. The Balaban J connectivity index is 1.70. The van der Waals surface area contributed by atoms with Gasteiger partial charge in [0, 0.05) is 17.5 Å². The first-order valence-corrected chi connectivity index (χ1v) is 7.12. The molecule has 2 atom stereocenters. The minimum atomic E-state index is -0.630. The monoisotopic (exact) mass is 253 g/mol. The maximum atomic E-state index is 10.9. The minimum Gasteiger partial charge on any atom is -0.481 e. The van der Waals surface area contributed by atoms with Crippen molar-refractivity contribution in [2.75, 3.05) is 6.54 Å². The quantitative estimate of drug-likeness (QED) is 0.847. The molecule has 1 aromatic heterocycles. The van der Waals surface area contributed by atoms with E-state index in [1.807, 2.05) is 0 Å². The molecule has 1 heterocycles. The zero-order valence-corrected chi connectivity index (χ0v) is 10.7. The maximum absolute atomic E-state index is 10.9. The Bertz CT molecular complexity index is 350. The summed E-state index contributed by atoms with van der Waals surface area (Å²) in [6.07, 6.45) is 4.84. The molecule has 0 saturated heterocycles. The van der Waals surface area contributed by atoms with Gasteiger partial charge >= 0.3 is 5.97 Å². The van der Waals surface area contributed by atoms with Crippen LogP contribution < -0.4 is 5.32 Å². The zero-order valence-electron chi connectivity index (χ0n) is 9.89. The van der Waals surface area contributed by atoms with E-state index in [0.29, 0.717) is 6.04 Å². The first kappa shape index (κ1) is 12.6. The van der Waals surface area contributed by atoms with E-state index in [4.69, 9.17) is 5.11 Å². The summed E-state index contributed by atoms with van der Waals surface area (Å²) >= 11 is 1.78. The molecule has 2 N–H and O–H groups in total. The van der Waals surface area contributed by atoms with Crippen LogP contribution in [0.3, 0.4) is 0 Å². The predicted octanol–water partition coefficient (Wildman–Crippen LogP) is 2.52. The highest BCUT2D eigenvalue weighted by atomic mass is 32.1. The van der Waals surface area contributed by atoms with Crippen molar-refractivity contribution in [3.8, 4) is 0 Å². The average molecular weight is 253 g/mol. The molecule has 0 radical (unpaired) electrons. The van der Waals surface area contributed by atoms with Gasteiger partial charge in [0.2, 0.25) is 0 Å². The number of nitrogens with one attached hydrogen (secondary N) is 1. The number of thiophene rings is 1. The van der Waals surface area contributed by atoms with Crippen molar-refractivity contribution in [2.24, 2.45) is 5.92 Å². The number of carboxylic acid groups (broad SMARTS) is 1. The summed E-state index contributed by atoms with van der Waals surface area (Å²) in [6.45, 7) is 0.956. The molecule has 2 unspecified atom stereocenters. The molecule has 1 aliphatic carbocycles. The van der Waals surface area contributed by atoms with Crippen LogP contribution in [0.1, 0.15) is 30.6 Å². The Morgan fingerprint density at radius 2 is 2.41 bits per heavy atom. The van der Waals surface area contributed by atoms with Gasteiger partial charge in [0.1, 0.15) is 0 Å². The molecule has 1 saturated carbocycles. The van der Waals surface area contributed by atoms with Crippen LogP contribution in [0.4, 0.5) is 0 Å². The van der Waals surface area contributed by atoms with E-state index in [0.717, 1.165) is 38.6 Å². The van der Waals surface area contributed by atoms with Crippen LogP contribution in [0.25, 0.3) is 0 Å². The highest BCUT2D eigenvalue weighted by Gasteiger charge is 2.26. The molecule has 2 rings (SSSR count). The van der Waals surface area contributed by atoms with Crippen molar-refractivity contribution >= 4 is 17.3 Å². The van der Waals surface area contributed by atoms with E-state index in [-0.39, 0.29) is 5.92 Å². The predicted molar refractivity (Wildman–Crippen MR) is 69.4 cm³/mol. The summed E-state index contributed by atoms with van der Waals surface area (Å²) < 4.78 is 0. The smallest absolute Gasteiger partial charge is 0.306 e. The van der Waals surface area contributed by atoms with E-state index in [1.54, 1.807) is 11.3 Å². The first-order chi connectivity index (χ1) is 8.25. The number of rotatable bonds is 5. The van der Waals surface area contributed by atoms with E-state index >= 15 is 0 Å². The van der Waals surface area contributed by atoms with Crippen LogP contribution in [0.5, 0.6) is 0 Å². The van der Waals surface area contributed by atoms with Crippen LogP contribution in [0.2, 0.25) is 0 Å². The molecule has 0 spiro atoms. The molecule has 0 aliphatic heterocycles. The molecule has 0 amide bonds. The van der Waals surface area contributed by atoms with Crippen LogP contribution in [0.15, 0.2) is 17.5 Å². The van der Waals surface area contributed by atoms with Gasteiger partial charge in [-0.3, -0.25) is 4.79 Å². The van der Waals surface area contributed by atoms with Gasteiger partial charge in [0.05, 0.1) is 5.92 Å². The largest absolute Gasteiger partial charge is 0.481 e. The molecule has 94 valence electrons. The molecule has 1 fully saturated rings. The summed E-state index contributed by atoms with van der Waals surface area (Å²) in [4.78, 5) is 12.3. The average Bonchev–Trinajstić information content (AvgIpc) is 2.82. The molecule has 0 aromatic carbocycles. The van der Waals surface area contributed by atoms with Gasteiger partial charge in [-0.25, -0.2) is 0 Å². The van der Waals surface area contributed by atoms with E-state index in [1.165, 1.54) is 4.88 Å². The summed E-state index contributed by atoms with van der Waals surface area (Å²) in [5.74, 6) is -0.766. The molecule has 1 aromatic rings. The van der Waals surface area contributed by atoms with Gasteiger partial charge in [-0.05, 0) is 37.1 Å². The van der Waals surface area contributed by atoms with Crippen LogP contribution in [-0.2, 0) is 11.2 Å². The fraction of sp³-hybridized carbons (Fsp3) is 0.615. The molecule has 17 heavy (non-hydrogen) atoms. The Morgan fingerprint density at radius 1 is 1.53 bits per heavy atom. The van der Waals surface area contributed by atoms with Crippen molar-refractivity contribution in [1.82, 2.24) is 5.32 Å². The number of aliphatic carboxylic acids is 1. The molecule has 4 heteroatoms. The normalized spacial score (nSPS) is 24.7. The summed E-state index contributed by atoms with van der Waals surface area (Å²) in [7, 11) is 0. The Labute approximate surface area is 106 Å². The second-order valence-electron chi connectivity index (χ2n) is 4.68. The van der Waals surface area contributed by atoms with Gasteiger partial charge < -0.3 is 10.4 Å². The fourth-order valence-electron chi connectivity index (χ4n) is 2.45. The number of hydrogen-bond acceptors (Lipinski definition) is 3. The van der Waals surface area contributed by atoms with E-state index in [2.05, 4.69) is 22.8 Å². The van der Waals surface area contributed by atoms with Gasteiger partial charge in [-0.15, -0.1) is 11.3 Å². The Hall–Kier alpha value is -0.870. The third-order valence-corrected chi connectivity index (χ3v) is 4.34. The van der Waals surface area contributed by atoms with E-state index in [9.17, 15) is 4.79 Å². The Morgan fingerprint density at radius 3 is 3.12 bits per heavy atom. The van der Waals surface area contributed by atoms with Crippen molar-refractivity contribution in [3.05, 3.63) is 22.4 Å². The lowest BCUT2D eigenvalue weighted by molar-refractivity contribution is -0.143. The second kappa shape index (κ2) is 6.17. The van der Waals surface area contributed by atoms with Crippen molar-refractivity contribution < 1.29 is 9.90 Å². The SMILES string of the molecule is O=C(O)C1CCCC(NCCc2cccs2)C1. The number of hydrogen-bond donors (Lipinski definition) is 2. The lowest BCUT2D eigenvalue weighted by atomic mass is 9.86. The molecular formula is C13H19NO2S. The highest BCUT2D eigenvalue weighted by molar-refractivity contribution is 7.09. The maximum Gasteiger partial charge on any atom is 0.306 e. The van der Waals surface area contributed by atoms with Gasteiger partial charge in [-0.2, -0.15) is 0 Å². The summed E-state index contributed by atoms with van der Waals surface area (Å²) in [5, 5.41) is 14.6.